The highest BCUT2D eigenvalue weighted by Crippen LogP contribution is 2.59. The lowest BCUT2D eigenvalue weighted by Crippen LogP contribution is -2.35. The second-order valence-corrected chi connectivity index (χ2v) is 5.38. The normalized spacial score (nSPS) is 42.1. The van der Waals surface area contributed by atoms with Crippen LogP contribution < -0.4 is 0 Å². The number of rotatable bonds is 0. The van der Waals surface area contributed by atoms with Gasteiger partial charge in [0, 0.05) is 5.92 Å². The van der Waals surface area contributed by atoms with Crippen LogP contribution >= 0.6 is 0 Å². The number of hydrogen-bond acceptors (Lipinski definition) is 1. The zero-order chi connectivity index (χ0) is 9.69. The molecule has 13 heavy (non-hydrogen) atoms. The maximum Gasteiger partial charge on any atom is 0.158 e. The summed E-state index contributed by atoms with van der Waals surface area (Å²) in [4.78, 5) is 11.7. The quantitative estimate of drug-likeness (QED) is 0.557. The molecule has 1 fully saturated rings. The largest absolute Gasteiger partial charge is 0.295 e. The van der Waals surface area contributed by atoms with Gasteiger partial charge in [0.25, 0.3) is 0 Å². The van der Waals surface area contributed by atoms with Crippen molar-refractivity contribution in [2.24, 2.45) is 16.7 Å². The Morgan fingerprint density at radius 2 is 2.08 bits per heavy atom. The van der Waals surface area contributed by atoms with Gasteiger partial charge in [0.2, 0.25) is 0 Å². The predicted octanol–water partition coefficient (Wildman–Crippen LogP) is 2.96. The average Bonchev–Trinajstić information content (AvgIpc) is 2.18. The highest BCUT2D eigenvalue weighted by Gasteiger charge is 2.53. The minimum atomic E-state index is 0.188. The molecule has 0 heterocycles. The molecule has 0 amide bonds. The van der Waals surface area contributed by atoms with Crippen LogP contribution in [0.2, 0.25) is 0 Å². The molecule has 72 valence electrons. The second kappa shape index (κ2) is 2.46. The van der Waals surface area contributed by atoms with Crippen LogP contribution in [-0.2, 0) is 4.79 Å². The van der Waals surface area contributed by atoms with Crippen molar-refractivity contribution >= 4 is 5.78 Å². The molecule has 0 aromatic rings. The van der Waals surface area contributed by atoms with Crippen LogP contribution in [0.5, 0.6) is 0 Å². The van der Waals surface area contributed by atoms with Gasteiger partial charge in [0.05, 0.1) is 0 Å². The molecule has 2 bridgehead atoms. The van der Waals surface area contributed by atoms with Gasteiger partial charge in [-0.25, -0.2) is 0 Å². The molecule has 2 atom stereocenters. The van der Waals surface area contributed by atoms with E-state index in [2.05, 4.69) is 26.8 Å². The van der Waals surface area contributed by atoms with E-state index in [4.69, 9.17) is 0 Å². The fourth-order valence-corrected chi connectivity index (χ4v) is 2.98. The third-order valence-electron chi connectivity index (χ3n) is 4.61. The Balaban J connectivity index is 2.46. The van der Waals surface area contributed by atoms with Crippen molar-refractivity contribution in [2.45, 2.75) is 40.0 Å². The lowest BCUT2D eigenvalue weighted by atomic mass is 9.64. The Kier molecular flexibility index (Phi) is 1.70. The van der Waals surface area contributed by atoms with Crippen LogP contribution in [0, 0.1) is 16.7 Å². The number of ketones is 1. The van der Waals surface area contributed by atoms with Crippen LogP contribution in [0.1, 0.15) is 40.0 Å². The minimum Gasteiger partial charge on any atom is -0.295 e. The Hall–Kier alpha value is -0.590. The van der Waals surface area contributed by atoms with Crippen molar-refractivity contribution in [3.05, 3.63) is 12.2 Å². The van der Waals surface area contributed by atoms with E-state index < -0.39 is 0 Å². The minimum absolute atomic E-state index is 0.188. The van der Waals surface area contributed by atoms with Gasteiger partial charge >= 0.3 is 0 Å². The van der Waals surface area contributed by atoms with Crippen LogP contribution in [0.4, 0.5) is 0 Å². The number of hydrogen-bond donors (Lipinski definition) is 0. The summed E-state index contributed by atoms with van der Waals surface area (Å²) < 4.78 is 0. The lowest BCUT2D eigenvalue weighted by molar-refractivity contribution is -0.121. The molecule has 1 nitrogen and oxygen atoms in total. The first-order valence-corrected chi connectivity index (χ1v) is 5.18. The summed E-state index contributed by atoms with van der Waals surface area (Å²) >= 11 is 0. The van der Waals surface area contributed by atoms with Crippen LogP contribution in [-0.4, -0.2) is 5.78 Å². The van der Waals surface area contributed by atoms with E-state index in [1.807, 2.05) is 0 Å². The topological polar surface area (TPSA) is 17.1 Å². The average molecular weight is 178 g/mol. The Bertz CT molecular complexity index is 275. The van der Waals surface area contributed by atoms with Crippen LogP contribution in [0.3, 0.4) is 0 Å². The summed E-state index contributed by atoms with van der Waals surface area (Å²) in [5.41, 5.74) is 0.536. The predicted molar refractivity (Wildman–Crippen MR) is 53.4 cm³/mol. The first-order valence-electron chi connectivity index (χ1n) is 5.18. The number of allylic oxidation sites excluding steroid dienone is 2. The number of carbonyl (C=O) groups excluding carboxylic acids is 1. The van der Waals surface area contributed by atoms with E-state index >= 15 is 0 Å². The fourth-order valence-electron chi connectivity index (χ4n) is 2.98. The fraction of sp³-hybridized carbons (Fsp3) is 0.750. The maximum absolute atomic E-state index is 11.7. The van der Waals surface area contributed by atoms with Crippen LogP contribution in [0.15, 0.2) is 12.2 Å². The van der Waals surface area contributed by atoms with E-state index in [9.17, 15) is 4.79 Å². The molecule has 0 spiro atoms. The third kappa shape index (κ3) is 1.02. The smallest absolute Gasteiger partial charge is 0.158 e. The van der Waals surface area contributed by atoms with Crippen molar-refractivity contribution in [2.75, 3.05) is 0 Å². The van der Waals surface area contributed by atoms with E-state index in [1.54, 1.807) is 6.08 Å². The maximum atomic E-state index is 11.7. The highest BCUT2D eigenvalue weighted by molar-refractivity contribution is 5.93. The van der Waals surface area contributed by atoms with Crippen LogP contribution in [0.25, 0.3) is 0 Å². The summed E-state index contributed by atoms with van der Waals surface area (Å²) in [6, 6.07) is 0. The van der Waals surface area contributed by atoms with Crippen molar-refractivity contribution in [1.29, 1.82) is 0 Å². The lowest BCUT2D eigenvalue weighted by Gasteiger charge is -2.39. The van der Waals surface area contributed by atoms with Gasteiger partial charge < -0.3 is 0 Å². The zero-order valence-corrected chi connectivity index (χ0v) is 8.76. The van der Waals surface area contributed by atoms with Gasteiger partial charge in [-0.1, -0.05) is 26.8 Å². The van der Waals surface area contributed by atoms with Gasteiger partial charge in [-0.05, 0) is 36.2 Å². The molecular formula is C12H18O. The molecule has 0 aromatic heterocycles. The molecule has 1 heteroatoms. The molecule has 0 aromatic carbocycles. The Labute approximate surface area is 80.2 Å². The molecule has 2 unspecified atom stereocenters. The first-order chi connectivity index (χ1) is 5.97. The van der Waals surface area contributed by atoms with Gasteiger partial charge in [0.15, 0.2) is 5.78 Å². The summed E-state index contributed by atoms with van der Waals surface area (Å²) in [6.45, 7) is 6.85. The molecular weight excluding hydrogens is 160 g/mol. The number of fused-ring (bicyclic) bond motifs is 2. The van der Waals surface area contributed by atoms with Crippen molar-refractivity contribution in [1.82, 2.24) is 0 Å². The molecule has 1 saturated carbocycles. The van der Waals surface area contributed by atoms with E-state index in [-0.39, 0.29) is 11.3 Å². The molecule has 0 radical (unpaired) electrons. The van der Waals surface area contributed by atoms with Crippen molar-refractivity contribution in [3.8, 4) is 0 Å². The first kappa shape index (κ1) is 8.98. The monoisotopic (exact) mass is 178 g/mol. The van der Waals surface area contributed by atoms with E-state index in [1.165, 1.54) is 6.42 Å². The van der Waals surface area contributed by atoms with Gasteiger partial charge in [-0.15, -0.1) is 0 Å². The number of carbonyl (C=O) groups is 1. The summed E-state index contributed by atoms with van der Waals surface area (Å²) in [6.07, 6.45) is 7.25. The van der Waals surface area contributed by atoms with Gasteiger partial charge in [-0.2, -0.15) is 0 Å². The summed E-state index contributed by atoms with van der Waals surface area (Å²) in [5, 5.41) is 0. The van der Waals surface area contributed by atoms with E-state index in [0.29, 0.717) is 11.2 Å². The Morgan fingerprint density at radius 1 is 1.38 bits per heavy atom. The standard InChI is InChI=1S/C12H18O/c1-11(2)9-6-8-12(11,3)7-4-5-10(9)13/h4-5,9H,6-8H2,1-3H3. The molecule has 0 N–H and O–H groups in total. The third-order valence-corrected chi connectivity index (χ3v) is 4.61. The molecule has 2 rings (SSSR count). The summed E-state index contributed by atoms with van der Waals surface area (Å²) in [5.74, 6) is 0.627. The van der Waals surface area contributed by atoms with Gasteiger partial charge in [-0.3, -0.25) is 4.79 Å². The molecule has 0 aliphatic heterocycles. The van der Waals surface area contributed by atoms with E-state index in [0.717, 1.165) is 12.8 Å². The molecule has 2 aliphatic rings. The second-order valence-electron chi connectivity index (χ2n) is 5.38. The van der Waals surface area contributed by atoms with Crippen molar-refractivity contribution in [3.63, 3.8) is 0 Å². The summed E-state index contributed by atoms with van der Waals surface area (Å²) in [7, 11) is 0. The molecule has 0 saturated heterocycles. The van der Waals surface area contributed by atoms with Gasteiger partial charge in [0.1, 0.15) is 0 Å². The molecule has 2 aliphatic carbocycles. The SMILES string of the molecule is CC12CC=CC(=O)C(CC1)C2(C)C. The van der Waals surface area contributed by atoms with Crippen molar-refractivity contribution < 1.29 is 4.79 Å². The Morgan fingerprint density at radius 3 is 2.77 bits per heavy atom. The highest BCUT2D eigenvalue weighted by atomic mass is 16.1. The zero-order valence-electron chi connectivity index (χ0n) is 8.76.